The maximum absolute atomic E-state index is 14.0. The van der Waals surface area contributed by atoms with E-state index in [2.05, 4.69) is 10.6 Å². The molecule has 28 nitrogen and oxygen atoms in total. The Morgan fingerprint density at radius 2 is 1.01 bits per heavy atom. The SMILES string of the molecule is [2H]C(=O)OC(CCCC(=O)N(CCCCCCSC1CC(=O)N(CCC(=O)NCCCOCC(COCCOC)OCCOC)C1=O)CCCCCCSC1CC(=O)N(CCC(=O)NCCCOCC(COCCOC)OCCOC)C1=O)c1ccc(OC(=O)N(C)CCCN(C)C)cc1. The lowest BCUT2D eigenvalue weighted by molar-refractivity contribution is -0.140. The summed E-state index contributed by atoms with van der Waals surface area (Å²) in [5.74, 6) is -0.0837. The van der Waals surface area contributed by atoms with E-state index in [1.807, 2.05) is 23.9 Å². The quantitative estimate of drug-likeness (QED) is 0.0472. The van der Waals surface area contributed by atoms with Crippen molar-refractivity contribution in [3.8, 4) is 5.75 Å². The van der Waals surface area contributed by atoms with E-state index < -0.39 is 29.1 Å². The Bertz CT molecular complexity index is 2360. The Kier molecular flexibility index (Phi) is 49.2. The monoisotopic (exact) mass is 1440 g/mol. The highest BCUT2D eigenvalue weighted by molar-refractivity contribution is 8.00. The van der Waals surface area contributed by atoms with Gasteiger partial charge in [-0.3, -0.25) is 48.2 Å². The molecule has 0 bridgehead atoms. The van der Waals surface area contributed by atoms with Crippen LogP contribution < -0.4 is 15.4 Å². The van der Waals surface area contributed by atoms with Crippen molar-refractivity contribution in [1.29, 1.82) is 0 Å². The second-order valence-corrected chi connectivity index (χ2v) is 27.0. The Hall–Kier alpha value is -5.09. The molecule has 0 aromatic heterocycles. The number of amides is 8. The Morgan fingerprint density at radius 3 is 1.46 bits per heavy atom. The van der Waals surface area contributed by atoms with Gasteiger partial charge in [-0.25, -0.2) is 4.79 Å². The fourth-order valence-corrected chi connectivity index (χ4v) is 12.8. The van der Waals surface area contributed by atoms with Crippen LogP contribution in [0.15, 0.2) is 24.3 Å². The zero-order chi connectivity index (χ0) is 73.0. The number of ether oxygens (including phenoxy) is 12. The Balaban J connectivity index is 1.44. The van der Waals surface area contributed by atoms with Crippen molar-refractivity contribution in [2.24, 2.45) is 0 Å². The fourth-order valence-electron chi connectivity index (χ4n) is 10.4. The van der Waals surface area contributed by atoms with Gasteiger partial charge < -0.3 is 82.2 Å². The van der Waals surface area contributed by atoms with Crippen molar-refractivity contribution in [2.45, 2.75) is 144 Å². The van der Waals surface area contributed by atoms with Gasteiger partial charge in [0.25, 0.3) is 6.45 Å². The van der Waals surface area contributed by atoms with Crippen LogP contribution in [0.25, 0.3) is 0 Å². The molecule has 0 spiro atoms. The summed E-state index contributed by atoms with van der Waals surface area (Å²) in [6.07, 6.45) is 6.20. The largest absolute Gasteiger partial charge is 0.460 e. The highest BCUT2D eigenvalue weighted by Gasteiger charge is 2.40. The standard InChI is InChI=1S/C69H117N7O21S2/c1-72(2)30-19-31-73(3)69(85)97-56-24-22-55(23-25-56)59(96-54-77)20-16-21-64(80)74(32-12-8-10-14-46-98-60-48-65(81)75(67(60)83)34-26-62(78)70-28-17-36-90-50-57(94-44-40-88-6)52-92-42-38-86-4)33-13-9-11-15-47-99-61-49-66(82)76(68(61)84)35-27-63(79)71-29-18-37-91-51-58(95-45-41-89-7)53-93-43-39-87-5/h22-25,54,57-61H,8-21,26-53H2,1-7H3,(H,70,78)(H,71,79)/i54D. The number of methoxy groups -OCH3 is 4. The van der Waals surface area contributed by atoms with E-state index in [0.29, 0.717) is 167 Å². The average molecular weight is 1450 g/mol. The third kappa shape index (κ3) is 40.4. The second kappa shape index (κ2) is 56.5. The number of carbonyl (C=O) groups is 9. The first kappa shape index (κ1) is 86.3. The number of nitrogens with zero attached hydrogens (tertiary/aromatic N) is 5. The lowest BCUT2D eigenvalue weighted by Crippen LogP contribution is -2.36. The summed E-state index contributed by atoms with van der Waals surface area (Å²) in [6.45, 7) is 8.73. The first-order valence-corrected chi connectivity index (χ1v) is 37.1. The number of likely N-dealkylation sites (tertiary alicyclic amines) is 2. The van der Waals surface area contributed by atoms with Crippen LogP contribution >= 0.6 is 23.5 Å². The molecule has 2 aliphatic heterocycles. The molecule has 0 aliphatic carbocycles. The van der Waals surface area contributed by atoms with E-state index in [1.165, 1.54) is 38.2 Å². The number of hydrogen-bond donors (Lipinski definition) is 2. The molecule has 0 saturated carbocycles. The van der Waals surface area contributed by atoms with E-state index >= 15 is 0 Å². The molecule has 5 atom stereocenters. The summed E-state index contributed by atoms with van der Waals surface area (Å²) in [6, 6.07) is 6.56. The first-order valence-electron chi connectivity index (χ1n) is 35.5. The van der Waals surface area contributed by atoms with Crippen LogP contribution in [0.2, 0.25) is 0 Å². The molecule has 1 aromatic rings. The van der Waals surface area contributed by atoms with Gasteiger partial charge >= 0.3 is 6.09 Å². The number of rotatable bonds is 63. The van der Waals surface area contributed by atoms with Crippen LogP contribution in [0.5, 0.6) is 5.75 Å². The number of benzene rings is 1. The third-order valence-electron chi connectivity index (χ3n) is 16.0. The van der Waals surface area contributed by atoms with Crippen molar-refractivity contribution in [2.75, 3.05) is 206 Å². The van der Waals surface area contributed by atoms with E-state index in [1.54, 1.807) is 59.8 Å². The van der Waals surface area contributed by atoms with E-state index in [4.69, 9.17) is 58.2 Å². The van der Waals surface area contributed by atoms with Crippen molar-refractivity contribution in [1.82, 2.24) is 35.1 Å². The smallest absolute Gasteiger partial charge is 0.414 e. The molecular formula is C69H117N7O21S2. The molecular weight excluding hydrogens is 1330 g/mol. The molecule has 5 unspecified atom stereocenters. The third-order valence-corrected chi connectivity index (χ3v) is 18.6. The maximum atomic E-state index is 14.0. The molecule has 2 aliphatic rings. The predicted octanol–water partition coefficient (Wildman–Crippen LogP) is 5.34. The highest BCUT2D eigenvalue weighted by atomic mass is 32.2. The average Bonchev–Trinajstić information content (AvgIpc) is 1.70. The minimum Gasteiger partial charge on any atom is -0.460 e. The van der Waals surface area contributed by atoms with Crippen LogP contribution in [0.1, 0.15) is 129 Å². The first-order chi connectivity index (χ1) is 48.4. The highest BCUT2D eigenvalue weighted by Crippen LogP contribution is 2.29. The van der Waals surface area contributed by atoms with Crippen LogP contribution in [-0.4, -0.2) is 307 Å². The fraction of sp³-hybridized carbons (Fsp3) is 0.783. The number of unbranched alkanes of at least 4 members (excludes halogenated alkanes) is 6. The Labute approximate surface area is 597 Å². The molecule has 566 valence electrons. The van der Waals surface area contributed by atoms with E-state index in [9.17, 15) is 43.2 Å². The molecule has 30 heteroatoms. The van der Waals surface area contributed by atoms with Gasteiger partial charge in [0.15, 0.2) is 1.37 Å². The lowest BCUT2D eigenvalue weighted by Gasteiger charge is -2.24. The van der Waals surface area contributed by atoms with Gasteiger partial charge in [0.1, 0.15) is 24.1 Å². The zero-order valence-electron chi connectivity index (χ0n) is 61.0. The zero-order valence-corrected chi connectivity index (χ0v) is 61.7. The second-order valence-electron chi connectivity index (χ2n) is 24.4. The number of thioether (sulfide) groups is 2. The van der Waals surface area contributed by atoms with Crippen molar-refractivity contribution in [3.05, 3.63) is 29.8 Å². The normalized spacial score (nSPS) is 15.8. The van der Waals surface area contributed by atoms with Gasteiger partial charge in [-0.05, 0) is 108 Å². The van der Waals surface area contributed by atoms with Crippen molar-refractivity contribution >= 4 is 77.4 Å². The number of hydrogen-bond acceptors (Lipinski definition) is 24. The molecule has 1 aromatic carbocycles. The van der Waals surface area contributed by atoms with Gasteiger partial charge in [0.2, 0.25) is 41.4 Å². The molecule has 2 N–H and O–H groups in total. The molecule has 0 radical (unpaired) electrons. The van der Waals surface area contributed by atoms with E-state index in [0.717, 1.165) is 64.3 Å². The minimum absolute atomic E-state index is 0.000743. The molecule has 2 saturated heterocycles. The van der Waals surface area contributed by atoms with Gasteiger partial charge in [0, 0.05) is 127 Å². The van der Waals surface area contributed by atoms with Gasteiger partial charge in [-0.15, -0.1) is 23.5 Å². The van der Waals surface area contributed by atoms with Crippen molar-refractivity contribution < 1.29 is 101 Å². The molecule has 2 heterocycles. The maximum Gasteiger partial charge on any atom is 0.414 e. The van der Waals surface area contributed by atoms with Gasteiger partial charge in [-0.1, -0.05) is 37.8 Å². The molecule has 3 rings (SSSR count). The summed E-state index contributed by atoms with van der Waals surface area (Å²) < 4.78 is 72.9. The van der Waals surface area contributed by atoms with Crippen LogP contribution in [0, 0.1) is 0 Å². The molecule has 99 heavy (non-hydrogen) atoms. The van der Waals surface area contributed by atoms with Crippen LogP contribution in [0.3, 0.4) is 0 Å². The Morgan fingerprint density at radius 1 is 0.556 bits per heavy atom. The summed E-state index contributed by atoms with van der Waals surface area (Å²) in [7, 11) is 12.0. The van der Waals surface area contributed by atoms with Crippen LogP contribution in [0.4, 0.5) is 4.79 Å². The van der Waals surface area contributed by atoms with Crippen molar-refractivity contribution in [3.63, 3.8) is 0 Å². The minimum atomic E-state index is -1.21. The summed E-state index contributed by atoms with van der Waals surface area (Å²) in [5.41, 5.74) is 0.589. The molecule has 8 amide bonds. The van der Waals surface area contributed by atoms with Crippen LogP contribution in [-0.2, 0) is 90.5 Å². The number of imide groups is 2. The summed E-state index contributed by atoms with van der Waals surface area (Å²) in [4.78, 5) is 124. The van der Waals surface area contributed by atoms with Gasteiger partial charge in [0.05, 0.1) is 89.8 Å². The number of nitrogens with one attached hydrogen (secondary N) is 2. The lowest BCUT2D eigenvalue weighted by atomic mass is 10.0. The predicted molar refractivity (Wildman–Crippen MR) is 375 cm³/mol. The van der Waals surface area contributed by atoms with Gasteiger partial charge in [-0.2, -0.15) is 0 Å². The van der Waals surface area contributed by atoms with E-state index in [-0.39, 0.29) is 105 Å². The summed E-state index contributed by atoms with van der Waals surface area (Å²) >= 11 is 2.90. The number of carbonyl (C=O) groups excluding carboxylic acids is 9. The summed E-state index contributed by atoms with van der Waals surface area (Å²) in [5, 5.41) is 4.66. The molecule has 2 fully saturated rings. The topological polar surface area (TPSA) is 305 Å².